The molecule has 0 unspecified atom stereocenters. The van der Waals surface area contributed by atoms with Crippen LogP contribution in [0, 0.1) is 5.92 Å². The summed E-state index contributed by atoms with van der Waals surface area (Å²) in [7, 11) is 0. The zero-order valence-corrected chi connectivity index (χ0v) is 17.8. The summed E-state index contributed by atoms with van der Waals surface area (Å²) in [4.78, 5) is 16.7. The van der Waals surface area contributed by atoms with E-state index in [9.17, 15) is 4.79 Å². The van der Waals surface area contributed by atoms with Gasteiger partial charge in [-0.25, -0.2) is 4.98 Å². The highest BCUT2D eigenvalue weighted by Crippen LogP contribution is 2.23. The first-order valence-electron chi connectivity index (χ1n) is 9.55. The molecule has 1 aromatic heterocycles. The number of thiazole rings is 1. The Balaban J connectivity index is 1.70. The Bertz CT molecular complexity index is 921. The molecule has 0 saturated carbocycles. The number of carbonyl (C=O) groups is 1. The monoisotopic (exact) mass is 412 g/mol. The summed E-state index contributed by atoms with van der Waals surface area (Å²) in [5, 5.41) is 6.41. The average Bonchev–Trinajstić information content (AvgIpc) is 3.15. The van der Waals surface area contributed by atoms with Gasteiger partial charge in [0.1, 0.15) is 5.69 Å². The zero-order valence-electron chi connectivity index (χ0n) is 16.2. The minimum atomic E-state index is -0.105. The van der Waals surface area contributed by atoms with Crippen LogP contribution in [0.3, 0.4) is 0 Å². The van der Waals surface area contributed by atoms with Crippen molar-refractivity contribution in [1.82, 2.24) is 10.3 Å². The van der Waals surface area contributed by atoms with Crippen LogP contribution in [-0.4, -0.2) is 17.4 Å². The number of rotatable bonds is 8. The Kier molecular flexibility index (Phi) is 7.24. The van der Waals surface area contributed by atoms with Crippen molar-refractivity contribution in [3.05, 3.63) is 86.3 Å². The summed E-state index contributed by atoms with van der Waals surface area (Å²) in [5.74, 6) is 0.312. The van der Waals surface area contributed by atoms with E-state index < -0.39 is 0 Å². The quantitative estimate of drug-likeness (QED) is 0.526. The summed E-state index contributed by atoms with van der Waals surface area (Å²) < 4.78 is 0. The first-order chi connectivity index (χ1) is 13.5. The van der Waals surface area contributed by atoms with Crippen molar-refractivity contribution in [1.29, 1.82) is 0 Å². The molecule has 3 nitrogen and oxygen atoms in total. The van der Waals surface area contributed by atoms with Crippen molar-refractivity contribution in [3.63, 3.8) is 0 Å². The van der Waals surface area contributed by atoms with E-state index in [1.807, 2.05) is 23.6 Å². The van der Waals surface area contributed by atoms with Gasteiger partial charge in [-0.3, -0.25) is 4.79 Å². The van der Waals surface area contributed by atoms with E-state index in [1.54, 1.807) is 0 Å². The molecule has 3 rings (SSSR count). The van der Waals surface area contributed by atoms with Crippen molar-refractivity contribution in [2.75, 3.05) is 6.54 Å². The van der Waals surface area contributed by atoms with Crippen LogP contribution in [0.4, 0.5) is 0 Å². The number of halogens is 1. The maximum atomic E-state index is 12.2. The molecule has 0 fully saturated rings. The van der Waals surface area contributed by atoms with E-state index in [0.29, 0.717) is 24.6 Å². The number of aromatic nitrogens is 1. The molecule has 0 aliphatic rings. The van der Waals surface area contributed by atoms with Crippen molar-refractivity contribution < 1.29 is 4.79 Å². The van der Waals surface area contributed by atoms with Gasteiger partial charge in [-0.05, 0) is 47.6 Å². The number of carbonyl (C=O) groups excluding carboxylic acids is 1. The Hall–Kier alpha value is -2.17. The second-order valence-electron chi connectivity index (χ2n) is 7.31. The third-order valence-electron chi connectivity index (χ3n) is 4.49. The molecule has 3 aromatic rings. The lowest BCUT2D eigenvalue weighted by Gasteiger charge is -2.09. The van der Waals surface area contributed by atoms with Gasteiger partial charge >= 0.3 is 0 Å². The SMILES string of the molecule is CC(C)CNC(=O)c1csc(Cc2cc(Cl)ccc2CCc2ccccc2)n1. The number of amides is 1. The highest BCUT2D eigenvalue weighted by Gasteiger charge is 2.13. The normalized spacial score (nSPS) is 11.0. The molecule has 0 radical (unpaired) electrons. The van der Waals surface area contributed by atoms with Gasteiger partial charge in [0.15, 0.2) is 0 Å². The molecule has 5 heteroatoms. The molecule has 0 aliphatic carbocycles. The molecule has 0 aliphatic heterocycles. The van der Waals surface area contributed by atoms with Crippen LogP contribution in [0.5, 0.6) is 0 Å². The van der Waals surface area contributed by atoms with Crippen molar-refractivity contribution in [2.45, 2.75) is 33.1 Å². The second-order valence-corrected chi connectivity index (χ2v) is 8.68. The number of nitrogens with zero attached hydrogens (tertiary/aromatic N) is 1. The van der Waals surface area contributed by atoms with Gasteiger partial charge in [0.2, 0.25) is 0 Å². The Morgan fingerprint density at radius 2 is 1.89 bits per heavy atom. The number of benzene rings is 2. The molecule has 146 valence electrons. The van der Waals surface area contributed by atoms with E-state index in [1.165, 1.54) is 28.0 Å². The molecular weight excluding hydrogens is 388 g/mol. The highest BCUT2D eigenvalue weighted by atomic mass is 35.5. The molecule has 0 bridgehead atoms. The maximum Gasteiger partial charge on any atom is 0.270 e. The van der Waals surface area contributed by atoms with Gasteiger partial charge in [-0.2, -0.15) is 0 Å². The lowest BCUT2D eigenvalue weighted by molar-refractivity contribution is 0.0944. The van der Waals surface area contributed by atoms with Gasteiger partial charge in [0.05, 0.1) is 5.01 Å². The highest BCUT2D eigenvalue weighted by molar-refractivity contribution is 7.09. The minimum Gasteiger partial charge on any atom is -0.350 e. The molecule has 28 heavy (non-hydrogen) atoms. The topological polar surface area (TPSA) is 42.0 Å². The summed E-state index contributed by atoms with van der Waals surface area (Å²) >= 11 is 7.77. The van der Waals surface area contributed by atoms with Crippen LogP contribution in [0.2, 0.25) is 5.02 Å². The van der Waals surface area contributed by atoms with E-state index in [-0.39, 0.29) is 5.91 Å². The predicted octanol–water partition coefficient (Wildman–Crippen LogP) is 5.56. The lowest BCUT2D eigenvalue weighted by atomic mass is 9.98. The number of nitrogens with one attached hydrogen (secondary N) is 1. The fourth-order valence-corrected chi connectivity index (χ4v) is 3.97. The van der Waals surface area contributed by atoms with Crippen molar-refractivity contribution in [2.24, 2.45) is 5.92 Å². The third kappa shape index (κ3) is 5.91. The van der Waals surface area contributed by atoms with Crippen molar-refractivity contribution >= 4 is 28.8 Å². The third-order valence-corrected chi connectivity index (χ3v) is 5.57. The molecule has 1 amide bonds. The smallest absolute Gasteiger partial charge is 0.270 e. The minimum absolute atomic E-state index is 0.105. The standard InChI is InChI=1S/C23H25ClN2OS/c1-16(2)14-25-23(27)21-15-28-22(26-21)13-19-12-20(24)11-10-18(19)9-8-17-6-4-3-5-7-17/h3-7,10-12,15-16H,8-9,13-14H2,1-2H3,(H,25,27). The Morgan fingerprint density at radius 3 is 2.64 bits per heavy atom. The maximum absolute atomic E-state index is 12.2. The number of hydrogen-bond donors (Lipinski definition) is 1. The Labute approximate surface area is 175 Å². The summed E-state index contributed by atoms with van der Waals surface area (Å²) in [6.45, 7) is 4.80. The fraction of sp³-hybridized carbons (Fsp3) is 0.304. The van der Waals surface area contributed by atoms with E-state index in [4.69, 9.17) is 11.6 Å². The van der Waals surface area contributed by atoms with Gasteiger partial charge in [-0.1, -0.05) is 61.8 Å². The zero-order chi connectivity index (χ0) is 19.9. The molecular formula is C23H25ClN2OS. The van der Waals surface area contributed by atoms with Crippen molar-refractivity contribution in [3.8, 4) is 0 Å². The van der Waals surface area contributed by atoms with Crippen LogP contribution >= 0.6 is 22.9 Å². The van der Waals surface area contributed by atoms with Crippen LogP contribution in [0.15, 0.2) is 53.9 Å². The largest absolute Gasteiger partial charge is 0.350 e. The summed E-state index contributed by atoms with van der Waals surface area (Å²) in [6.07, 6.45) is 2.62. The molecule has 0 saturated heterocycles. The van der Waals surface area contributed by atoms with Gasteiger partial charge in [0.25, 0.3) is 5.91 Å². The predicted molar refractivity (Wildman–Crippen MR) is 117 cm³/mol. The van der Waals surface area contributed by atoms with Gasteiger partial charge in [-0.15, -0.1) is 11.3 Å². The number of hydrogen-bond acceptors (Lipinski definition) is 3. The van der Waals surface area contributed by atoms with Gasteiger partial charge < -0.3 is 5.32 Å². The van der Waals surface area contributed by atoms with E-state index >= 15 is 0 Å². The molecule has 1 N–H and O–H groups in total. The molecule has 0 atom stereocenters. The molecule has 1 heterocycles. The summed E-state index contributed by atoms with van der Waals surface area (Å²) in [6, 6.07) is 16.5. The molecule has 0 spiro atoms. The van der Waals surface area contributed by atoms with Crippen LogP contribution < -0.4 is 5.32 Å². The van der Waals surface area contributed by atoms with Crippen LogP contribution in [-0.2, 0) is 19.3 Å². The van der Waals surface area contributed by atoms with Gasteiger partial charge in [0, 0.05) is 23.4 Å². The van der Waals surface area contributed by atoms with E-state index in [0.717, 1.165) is 22.9 Å². The number of aryl methyl sites for hydroxylation is 2. The van der Waals surface area contributed by atoms with Crippen LogP contribution in [0.25, 0.3) is 0 Å². The average molecular weight is 413 g/mol. The fourth-order valence-electron chi connectivity index (χ4n) is 2.97. The van der Waals surface area contributed by atoms with Crippen LogP contribution in [0.1, 0.15) is 46.0 Å². The molecule has 2 aromatic carbocycles. The first kappa shape index (κ1) is 20.6. The first-order valence-corrected chi connectivity index (χ1v) is 10.8. The second kappa shape index (κ2) is 9.85. The van der Waals surface area contributed by atoms with E-state index in [2.05, 4.69) is 54.5 Å². The Morgan fingerprint density at radius 1 is 1.11 bits per heavy atom. The summed E-state index contributed by atoms with van der Waals surface area (Å²) in [5.41, 5.74) is 4.26. The lowest BCUT2D eigenvalue weighted by Crippen LogP contribution is -2.27.